The Bertz CT molecular complexity index is 1350. The lowest BCUT2D eigenvalue weighted by Crippen LogP contribution is -2.35. The van der Waals surface area contributed by atoms with E-state index >= 15 is 0 Å². The smallest absolute Gasteiger partial charge is 0.469 e. The number of aromatic nitrogens is 2. The highest BCUT2D eigenvalue weighted by Crippen LogP contribution is 2.38. The van der Waals surface area contributed by atoms with E-state index in [1.54, 1.807) is 24.3 Å². The lowest BCUT2D eigenvalue weighted by atomic mass is 9.94. The van der Waals surface area contributed by atoms with Crippen molar-refractivity contribution in [1.29, 1.82) is 0 Å². The Morgan fingerprint density at radius 1 is 1.05 bits per heavy atom. The molecule has 0 amide bonds. The number of morpholine rings is 1. The molecular weight excluding hydrogens is 497 g/mol. The standard InChI is InChI=1S/C26H28N3O7P/c30-25-24(27-18-28-26(25)31)15-23(17-36-37(32,33)34)22-9-7-20(8-10-22)2-1-19-3-5-21(6-4-19)16-29-11-13-35-14-12-29/h3-10,18,23,30H,11-17H2,(H,27,28,31)(H2,32,33,34)/t23-/m1/s1. The van der Waals surface area contributed by atoms with Gasteiger partial charge in [0.05, 0.1) is 31.8 Å². The first-order valence-corrected chi connectivity index (χ1v) is 13.3. The second-order valence-corrected chi connectivity index (χ2v) is 9.91. The number of hydrogen-bond acceptors (Lipinski definition) is 7. The molecule has 2 aromatic carbocycles. The summed E-state index contributed by atoms with van der Waals surface area (Å²) in [4.78, 5) is 38.6. The van der Waals surface area contributed by atoms with Crippen LogP contribution in [0.3, 0.4) is 0 Å². The van der Waals surface area contributed by atoms with E-state index in [0.29, 0.717) is 5.56 Å². The van der Waals surface area contributed by atoms with Crippen LogP contribution in [-0.2, 0) is 26.8 Å². The predicted octanol–water partition coefficient (Wildman–Crippen LogP) is 2.14. The molecule has 0 unspecified atom stereocenters. The average molecular weight is 525 g/mol. The Balaban J connectivity index is 1.44. The molecule has 1 fully saturated rings. The van der Waals surface area contributed by atoms with Crippen LogP contribution in [0, 0.1) is 11.8 Å². The molecule has 0 bridgehead atoms. The number of benzene rings is 2. The summed E-state index contributed by atoms with van der Waals surface area (Å²) in [7, 11) is -4.72. The van der Waals surface area contributed by atoms with Gasteiger partial charge in [-0.1, -0.05) is 36.1 Å². The summed E-state index contributed by atoms with van der Waals surface area (Å²) in [6, 6.07) is 15.3. The highest BCUT2D eigenvalue weighted by molar-refractivity contribution is 7.46. The molecule has 1 aliphatic heterocycles. The zero-order chi connectivity index (χ0) is 26.3. The highest BCUT2D eigenvalue weighted by atomic mass is 31.2. The predicted molar refractivity (Wildman–Crippen MR) is 136 cm³/mol. The summed E-state index contributed by atoms with van der Waals surface area (Å²) >= 11 is 0. The third-order valence-corrected chi connectivity index (χ3v) is 6.47. The van der Waals surface area contributed by atoms with Crippen molar-refractivity contribution >= 4 is 7.82 Å². The fourth-order valence-corrected chi connectivity index (χ4v) is 4.34. The molecule has 4 N–H and O–H groups in total. The van der Waals surface area contributed by atoms with E-state index in [1.165, 1.54) is 5.56 Å². The minimum atomic E-state index is -4.72. The Kier molecular flexibility index (Phi) is 8.90. The van der Waals surface area contributed by atoms with Gasteiger partial charge in [0.25, 0.3) is 5.56 Å². The monoisotopic (exact) mass is 525 g/mol. The first-order chi connectivity index (χ1) is 17.8. The second-order valence-electron chi connectivity index (χ2n) is 8.67. The average Bonchev–Trinajstić information content (AvgIpc) is 2.89. The fourth-order valence-electron chi connectivity index (χ4n) is 3.97. The zero-order valence-electron chi connectivity index (χ0n) is 20.0. The van der Waals surface area contributed by atoms with Crippen LogP contribution in [0.5, 0.6) is 5.75 Å². The Morgan fingerprint density at radius 2 is 1.68 bits per heavy atom. The van der Waals surface area contributed by atoms with Crippen LogP contribution < -0.4 is 5.56 Å². The molecule has 0 aliphatic carbocycles. The maximum absolute atomic E-state index is 11.7. The quantitative estimate of drug-likeness (QED) is 0.257. The first kappa shape index (κ1) is 26.8. The van der Waals surface area contributed by atoms with E-state index in [0.717, 1.165) is 50.3 Å². The van der Waals surface area contributed by atoms with Crippen LogP contribution in [-0.4, -0.2) is 62.7 Å². The molecule has 10 nitrogen and oxygen atoms in total. The second kappa shape index (κ2) is 12.3. The van der Waals surface area contributed by atoms with Crippen LogP contribution in [0.15, 0.2) is 59.7 Å². The number of nitrogens with zero attached hydrogens (tertiary/aromatic N) is 2. The maximum Gasteiger partial charge on any atom is 0.469 e. The molecule has 1 aliphatic rings. The van der Waals surface area contributed by atoms with Gasteiger partial charge in [-0.15, -0.1) is 0 Å². The molecule has 1 aromatic heterocycles. The topological polar surface area (TPSA) is 145 Å². The van der Waals surface area contributed by atoms with Gasteiger partial charge < -0.3 is 24.6 Å². The molecule has 37 heavy (non-hydrogen) atoms. The van der Waals surface area contributed by atoms with Crippen LogP contribution in [0.4, 0.5) is 0 Å². The molecule has 194 valence electrons. The number of H-pyrrole nitrogens is 1. The van der Waals surface area contributed by atoms with Gasteiger partial charge in [-0.05, 0) is 35.4 Å². The third-order valence-electron chi connectivity index (χ3n) is 5.99. The van der Waals surface area contributed by atoms with E-state index in [9.17, 15) is 14.5 Å². The molecule has 1 saturated heterocycles. The summed E-state index contributed by atoms with van der Waals surface area (Å²) in [5.41, 5.74) is 2.96. The number of phosphoric ester groups is 1. The number of aromatic hydroxyl groups is 1. The molecule has 0 saturated carbocycles. The SMILES string of the molecule is O=c1[nH]cnc(C[C@H](COP(=O)(O)O)c2ccc(C#Cc3ccc(CN4CCOCC4)cc3)cc2)c1O. The number of nitrogens with one attached hydrogen (secondary N) is 1. The van der Waals surface area contributed by atoms with E-state index in [1.807, 2.05) is 12.1 Å². The van der Waals surface area contributed by atoms with Gasteiger partial charge >= 0.3 is 7.82 Å². The highest BCUT2D eigenvalue weighted by Gasteiger charge is 2.22. The van der Waals surface area contributed by atoms with Crippen LogP contribution in [0.1, 0.15) is 33.9 Å². The summed E-state index contributed by atoms with van der Waals surface area (Å²) in [5.74, 6) is 5.15. The number of phosphoric acid groups is 1. The third kappa shape index (κ3) is 8.10. The van der Waals surface area contributed by atoms with Gasteiger partial charge in [0.15, 0.2) is 0 Å². The van der Waals surface area contributed by atoms with E-state index in [2.05, 4.69) is 38.8 Å². The maximum atomic E-state index is 11.7. The van der Waals surface area contributed by atoms with Crippen LogP contribution >= 0.6 is 7.82 Å². The Hall–Kier alpha value is -3.29. The Labute approximate surface area is 214 Å². The summed E-state index contributed by atoms with van der Waals surface area (Å²) in [6.45, 7) is 3.96. The van der Waals surface area contributed by atoms with Crippen molar-refractivity contribution < 1.29 is 28.7 Å². The van der Waals surface area contributed by atoms with E-state index in [4.69, 9.17) is 19.0 Å². The van der Waals surface area contributed by atoms with Gasteiger partial charge in [-0.25, -0.2) is 9.55 Å². The lowest BCUT2D eigenvalue weighted by molar-refractivity contribution is 0.0342. The van der Waals surface area contributed by atoms with Crippen molar-refractivity contribution in [1.82, 2.24) is 14.9 Å². The molecule has 11 heteroatoms. The minimum Gasteiger partial charge on any atom is -0.502 e. The van der Waals surface area contributed by atoms with E-state index in [-0.39, 0.29) is 18.7 Å². The van der Waals surface area contributed by atoms with Crippen molar-refractivity contribution in [3.8, 4) is 17.6 Å². The number of ether oxygens (including phenoxy) is 1. The van der Waals surface area contributed by atoms with Crippen molar-refractivity contribution in [2.24, 2.45) is 0 Å². The lowest BCUT2D eigenvalue weighted by Gasteiger charge is -2.26. The van der Waals surface area contributed by atoms with Gasteiger partial charge in [0.1, 0.15) is 0 Å². The van der Waals surface area contributed by atoms with Crippen molar-refractivity contribution in [2.45, 2.75) is 18.9 Å². The zero-order valence-corrected chi connectivity index (χ0v) is 20.9. The van der Waals surface area contributed by atoms with Gasteiger partial charge in [0.2, 0.25) is 5.75 Å². The Morgan fingerprint density at radius 3 is 2.30 bits per heavy atom. The minimum absolute atomic E-state index is 0.0393. The molecular formula is C26H28N3O7P. The number of aromatic amines is 1. The molecule has 1 atom stereocenters. The van der Waals surface area contributed by atoms with Crippen molar-refractivity contribution in [2.75, 3.05) is 32.9 Å². The largest absolute Gasteiger partial charge is 0.502 e. The van der Waals surface area contributed by atoms with Gasteiger partial charge in [0, 0.05) is 43.1 Å². The number of hydrogen-bond donors (Lipinski definition) is 4. The van der Waals surface area contributed by atoms with Gasteiger partial charge in [-0.2, -0.15) is 0 Å². The molecule has 2 heterocycles. The van der Waals surface area contributed by atoms with Crippen LogP contribution in [0.25, 0.3) is 0 Å². The van der Waals surface area contributed by atoms with Gasteiger partial charge in [-0.3, -0.25) is 14.2 Å². The van der Waals surface area contributed by atoms with E-state index < -0.39 is 25.0 Å². The summed E-state index contributed by atoms with van der Waals surface area (Å²) < 4.78 is 21.4. The van der Waals surface area contributed by atoms with Crippen molar-refractivity contribution in [3.63, 3.8) is 0 Å². The normalized spacial score (nSPS) is 15.1. The summed E-state index contributed by atoms with van der Waals surface area (Å²) in [5, 5.41) is 10.0. The molecule has 0 radical (unpaired) electrons. The fraction of sp³-hybridized carbons (Fsp3) is 0.308. The molecule has 0 spiro atoms. The first-order valence-electron chi connectivity index (χ1n) is 11.7. The van der Waals surface area contributed by atoms with Crippen LogP contribution in [0.2, 0.25) is 0 Å². The number of rotatable bonds is 8. The molecule has 4 rings (SSSR count). The summed E-state index contributed by atoms with van der Waals surface area (Å²) in [6.07, 6.45) is 1.20. The van der Waals surface area contributed by atoms with Crippen molar-refractivity contribution in [3.05, 3.63) is 93.2 Å². The molecule has 3 aromatic rings.